The Balaban J connectivity index is 1.33. The highest BCUT2D eigenvalue weighted by Crippen LogP contribution is 2.31. The molecule has 1 aromatic heterocycles. The van der Waals surface area contributed by atoms with E-state index in [-0.39, 0.29) is 11.8 Å². The highest BCUT2D eigenvalue weighted by atomic mass is 32.1. The number of amides is 1. The third-order valence-corrected chi connectivity index (χ3v) is 6.45. The second-order valence-electron chi connectivity index (χ2n) is 7.34. The van der Waals surface area contributed by atoms with Gasteiger partial charge < -0.3 is 20.7 Å². The molecule has 1 unspecified atom stereocenters. The molecule has 1 aliphatic rings. The van der Waals surface area contributed by atoms with Gasteiger partial charge in [-0.2, -0.15) is 0 Å². The van der Waals surface area contributed by atoms with Gasteiger partial charge in [0.05, 0.1) is 13.7 Å². The minimum atomic E-state index is 0.0538. The molecule has 6 nitrogen and oxygen atoms in total. The van der Waals surface area contributed by atoms with Crippen LogP contribution in [0.4, 0.5) is 5.69 Å². The Labute approximate surface area is 186 Å². The standard InChI is InChI=1S/C24H26N4O2S/c1-25-24(26-14-17-13-23(29)28-21-6-4-3-5-20(17)21)27-15-19-11-12-22(31-19)16-7-9-18(30-2)10-8-16/h3-12,17H,13-15H2,1-2H3,(H,28,29)(H2,25,26,27). The summed E-state index contributed by atoms with van der Waals surface area (Å²) in [5, 5.41) is 9.69. The molecule has 3 N–H and O–H groups in total. The van der Waals surface area contributed by atoms with Gasteiger partial charge in [-0.25, -0.2) is 0 Å². The first-order chi connectivity index (χ1) is 15.2. The highest BCUT2D eigenvalue weighted by molar-refractivity contribution is 7.15. The van der Waals surface area contributed by atoms with Gasteiger partial charge in [0.2, 0.25) is 5.91 Å². The Morgan fingerprint density at radius 3 is 2.71 bits per heavy atom. The van der Waals surface area contributed by atoms with E-state index in [1.807, 2.05) is 30.3 Å². The molecule has 0 aliphatic carbocycles. The minimum Gasteiger partial charge on any atom is -0.497 e. The van der Waals surface area contributed by atoms with Crippen LogP contribution in [0.25, 0.3) is 10.4 Å². The molecule has 4 rings (SSSR count). The number of aliphatic imine (C=N–C) groups is 1. The van der Waals surface area contributed by atoms with Crippen LogP contribution in [-0.4, -0.2) is 32.6 Å². The number of guanidine groups is 1. The topological polar surface area (TPSA) is 74.8 Å². The van der Waals surface area contributed by atoms with E-state index in [0.29, 0.717) is 19.5 Å². The van der Waals surface area contributed by atoms with Gasteiger partial charge in [0.15, 0.2) is 5.96 Å². The number of rotatable bonds is 6. The van der Waals surface area contributed by atoms with Crippen LogP contribution < -0.4 is 20.7 Å². The van der Waals surface area contributed by atoms with Crippen LogP contribution in [0, 0.1) is 0 Å². The molecule has 0 bridgehead atoms. The Morgan fingerprint density at radius 2 is 1.94 bits per heavy atom. The van der Waals surface area contributed by atoms with Crippen molar-refractivity contribution in [1.29, 1.82) is 0 Å². The Bertz CT molecular complexity index is 1080. The number of para-hydroxylation sites is 1. The van der Waals surface area contributed by atoms with Gasteiger partial charge in [0.1, 0.15) is 5.75 Å². The van der Waals surface area contributed by atoms with E-state index in [2.05, 4.69) is 51.3 Å². The van der Waals surface area contributed by atoms with Crippen LogP contribution in [0.2, 0.25) is 0 Å². The van der Waals surface area contributed by atoms with E-state index in [1.54, 1.807) is 25.5 Å². The molecule has 160 valence electrons. The maximum Gasteiger partial charge on any atom is 0.225 e. The Kier molecular flexibility index (Phi) is 6.52. The summed E-state index contributed by atoms with van der Waals surface area (Å²) in [4.78, 5) is 18.8. The third kappa shape index (κ3) is 5.06. The molecule has 1 aliphatic heterocycles. The SMILES string of the molecule is CN=C(NCc1ccc(-c2ccc(OC)cc2)s1)NCC1CC(=O)Nc2ccccc21. The van der Waals surface area contributed by atoms with E-state index in [4.69, 9.17) is 4.74 Å². The molecule has 1 atom stereocenters. The molecule has 31 heavy (non-hydrogen) atoms. The monoisotopic (exact) mass is 434 g/mol. The summed E-state index contributed by atoms with van der Waals surface area (Å²) in [6.45, 7) is 1.33. The molecule has 2 aromatic carbocycles. The molecule has 2 heterocycles. The van der Waals surface area contributed by atoms with E-state index in [1.165, 1.54) is 15.3 Å². The number of hydrogen-bond acceptors (Lipinski definition) is 4. The minimum absolute atomic E-state index is 0.0538. The Morgan fingerprint density at radius 1 is 1.13 bits per heavy atom. The van der Waals surface area contributed by atoms with Crippen LogP contribution in [0.1, 0.15) is 22.8 Å². The van der Waals surface area contributed by atoms with Crippen molar-refractivity contribution in [3.05, 3.63) is 71.1 Å². The summed E-state index contributed by atoms with van der Waals surface area (Å²) in [6, 6.07) is 20.3. The second kappa shape index (κ2) is 9.66. The van der Waals surface area contributed by atoms with Gasteiger partial charge >= 0.3 is 0 Å². The van der Waals surface area contributed by atoms with E-state index < -0.39 is 0 Å². The maximum atomic E-state index is 12.0. The molecule has 0 fully saturated rings. The predicted octanol–water partition coefficient (Wildman–Crippen LogP) is 4.21. The van der Waals surface area contributed by atoms with Crippen molar-refractivity contribution in [3.8, 4) is 16.2 Å². The molecular weight excluding hydrogens is 408 g/mol. The van der Waals surface area contributed by atoms with E-state index >= 15 is 0 Å². The molecule has 3 aromatic rings. The zero-order valence-electron chi connectivity index (χ0n) is 17.6. The number of hydrogen-bond donors (Lipinski definition) is 3. The number of thiophene rings is 1. The van der Waals surface area contributed by atoms with Crippen LogP contribution in [0.5, 0.6) is 5.75 Å². The van der Waals surface area contributed by atoms with Gasteiger partial charge in [0, 0.05) is 41.4 Å². The normalized spacial score (nSPS) is 15.7. The lowest BCUT2D eigenvalue weighted by molar-refractivity contribution is -0.116. The number of nitrogens with one attached hydrogen (secondary N) is 3. The first-order valence-electron chi connectivity index (χ1n) is 10.2. The number of benzene rings is 2. The zero-order valence-corrected chi connectivity index (χ0v) is 18.5. The second-order valence-corrected chi connectivity index (χ2v) is 8.51. The zero-order chi connectivity index (χ0) is 21.6. The van der Waals surface area contributed by atoms with Crippen molar-refractivity contribution in [3.63, 3.8) is 0 Å². The average Bonchev–Trinajstić information content (AvgIpc) is 3.28. The molecule has 0 saturated carbocycles. The van der Waals surface area contributed by atoms with Crippen molar-refractivity contribution < 1.29 is 9.53 Å². The van der Waals surface area contributed by atoms with E-state index in [0.717, 1.165) is 23.0 Å². The lowest BCUT2D eigenvalue weighted by Crippen LogP contribution is -2.40. The number of methoxy groups -OCH3 is 1. The molecule has 0 spiro atoms. The van der Waals surface area contributed by atoms with Crippen molar-refractivity contribution >= 4 is 28.9 Å². The van der Waals surface area contributed by atoms with Crippen LogP contribution in [0.15, 0.2) is 65.7 Å². The summed E-state index contributed by atoms with van der Waals surface area (Å²) in [5.41, 5.74) is 3.24. The average molecular weight is 435 g/mol. The van der Waals surface area contributed by atoms with Gasteiger partial charge in [-0.1, -0.05) is 18.2 Å². The quantitative estimate of drug-likeness (QED) is 0.401. The fourth-order valence-corrected chi connectivity index (χ4v) is 4.63. The van der Waals surface area contributed by atoms with Crippen molar-refractivity contribution in [1.82, 2.24) is 10.6 Å². The summed E-state index contributed by atoms with van der Waals surface area (Å²) in [6.07, 6.45) is 0.469. The van der Waals surface area contributed by atoms with Crippen LogP contribution in [-0.2, 0) is 11.3 Å². The van der Waals surface area contributed by atoms with Gasteiger partial charge in [-0.3, -0.25) is 9.79 Å². The number of anilines is 1. The Hall–Kier alpha value is -3.32. The fourth-order valence-electron chi connectivity index (χ4n) is 3.68. The van der Waals surface area contributed by atoms with Crippen LogP contribution >= 0.6 is 11.3 Å². The molecule has 0 radical (unpaired) electrons. The third-order valence-electron chi connectivity index (χ3n) is 5.31. The van der Waals surface area contributed by atoms with E-state index in [9.17, 15) is 4.79 Å². The highest BCUT2D eigenvalue weighted by Gasteiger charge is 2.24. The predicted molar refractivity (Wildman–Crippen MR) is 127 cm³/mol. The first-order valence-corrected chi connectivity index (χ1v) is 11.0. The van der Waals surface area contributed by atoms with Gasteiger partial charge in [-0.15, -0.1) is 11.3 Å². The molecule has 7 heteroatoms. The number of nitrogens with zero attached hydrogens (tertiary/aromatic N) is 1. The molecule has 0 saturated heterocycles. The molecule has 1 amide bonds. The lowest BCUT2D eigenvalue weighted by Gasteiger charge is -2.26. The smallest absolute Gasteiger partial charge is 0.225 e. The number of carbonyl (C=O) groups excluding carboxylic acids is 1. The number of ether oxygens (including phenoxy) is 1. The summed E-state index contributed by atoms with van der Waals surface area (Å²) in [7, 11) is 3.43. The summed E-state index contributed by atoms with van der Waals surface area (Å²) in [5.74, 6) is 1.75. The van der Waals surface area contributed by atoms with Gasteiger partial charge in [-0.05, 0) is 53.6 Å². The van der Waals surface area contributed by atoms with Crippen molar-refractivity contribution in [2.45, 2.75) is 18.9 Å². The lowest BCUT2D eigenvalue weighted by atomic mass is 9.90. The van der Waals surface area contributed by atoms with Crippen molar-refractivity contribution in [2.75, 3.05) is 26.0 Å². The van der Waals surface area contributed by atoms with Crippen molar-refractivity contribution in [2.24, 2.45) is 4.99 Å². The molecular formula is C24H26N4O2S. The fraction of sp³-hybridized carbons (Fsp3) is 0.250. The summed E-state index contributed by atoms with van der Waals surface area (Å²) >= 11 is 1.75. The number of carbonyl (C=O) groups is 1. The largest absolute Gasteiger partial charge is 0.497 e. The summed E-state index contributed by atoms with van der Waals surface area (Å²) < 4.78 is 5.23. The first kappa shape index (κ1) is 20.9. The van der Waals surface area contributed by atoms with Crippen LogP contribution in [0.3, 0.4) is 0 Å². The van der Waals surface area contributed by atoms with Gasteiger partial charge in [0.25, 0.3) is 0 Å². The maximum absolute atomic E-state index is 12.0. The number of fused-ring (bicyclic) bond motifs is 1.